The van der Waals surface area contributed by atoms with E-state index in [1.54, 1.807) is 11.3 Å². The van der Waals surface area contributed by atoms with Gasteiger partial charge in [0.15, 0.2) is 0 Å². The minimum absolute atomic E-state index is 0.213. The first-order valence-corrected chi connectivity index (χ1v) is 8.86. The molecule has 0 aliphatic carbocycles. The van der Waals surface area contributed by atoms with Gasteiger partial charge in [-0.05, 0) is 44.3 Å². The Morgan fingerprint density at radius 1 is 1.32 bits per heavy atom. The molecule has 2 N–H and O–H groups in total. The van der Waals surface area contributed by atoms with E-state index in [0.29, 0.717) is 12.1 Å². The predicted octanol–water partition coefficient (Wildman–Crippen LogP) is 2.92. The lowest BCUT2D eigenvalue weighted by Gasteiger charge is -2.10. The fraction of sp³-hybridized carbons (Fsp3) is 0.333. The predicted molar refractivity (Wildman–Crippen MR) is 101 cm³/mol. The van der Waals surface area contributed by atoms with Gasteiger partial charge in [-0.3, -0.25) is 4.79 Å². The number of aryl methyl sites for hydroxylation is 2. The first kappa shape index (κ1) is 17.4. The van der Waals surface area contributed by atoms with Gasteiger partial charge in [-0.25, -0.2) is 4.79 Å². The number of carbonyl (C=O) groups is 1. The van der Waals surface area contributed by atoms with Crippen LogP contribution in [-0.2, 0) is 20.0 Å². The number of rotatable bonds is 5. The fourth-order valence-electron chi connectivity index (χ4n) is 3.00. The van der Waals surface area contributed by atoms with E-state index in [4.69, 9.17) is 5.11 Å². The molecule has 25 heavy (non-hydrogen) atoms. The zero-order valence-corrected chi connectivity index (χ0v) is 15.5. The molecular formula is C18H21N3O3S. The number of thiophene rings is 1. The summed E-state index contributed by atoms with van der Waals surface area (Å²) in [7, 11) is 6.11. The van der Waals surface area contributed by atoms with Crippen molar-refractivity contribution >= 4 is 27.5 Å². The average Bonchev–Trinajstić information content (AvgIpc) is 3.06. The number of aromatic carboxylic acids is 1. The van der Waals surface area contributed by atoms with Crippen molar-refractivity contribution in [1.29, 1.82) is 0 Å². The normalized spacial score (nSPS) is 11.6. The van der Waals surface area contributed by atoms with Gasteiger partial charge >= 0.3 is 5.97 Å². The third-order valence-corrected chi connectivity index (χ3v) is 5.50. The van der Waals surface area contributed by atoms with E-state index in [1.807, 2.05) is 28.1 Å². The molecule has 0 bridgehead atoms. The number of pyridine rings is 1. The second-order valence-electron chi connectivity index (χ2n) is 6.37. The molecule has 0 radical (unpaired) electrons. The van der Waals surface area contributed by atoms with Crippen LogP contribution in [0, 0.1) is 0 Å². The summed E-state index contributed by atoms with van der Waals surface area (Å²) in [5, 5.41) is 10.3. The minimum atomic E-state index is -1.20. The molecule has 0 aliphatic rings. The summed E-state index contributed by atoms with van der Waals surface area (Å²) < 4.78 is 2.17. The van der Waals surface area contributed by atoms with E-state index in [2.05, 4.69) is 26.6 Å². The molecule has 3 heterocycles. The lowest BCUT2D eigenvalue weighted by molar-refractivity contribution is 0.0695. The van der Waals surface area contributed by atoms with Crippen molar-refractivity contribution < 1.29 is 9.90 Å². The Bertz CT molecular complexity index is 1010. The smallest absolute Gasteiger partial charge is 0.341 e. The molecule has 0 amide bonds. The van der Waals surface area contributed by atoms with Crippen LogP contribution < -0.4 is 5.56 Å². The molecule has 3 rings (SSSR count). The van der Waals surface area contributed by atoms with Gasteiger partial charge < -0.3 is 19.6 Å². The molecule has 0 spiro atoms. The third-order valence-electron chi connectivity index (χ3n) is 4.26. The molecule has 0 aliphatic heterocycles. The SMILES string of the molecule is CCc1cc(C(=O)O)c(=O)[nH]c1-c1cc2cc(CN(C)C)n(C)c2s1. The number of carboxylic acids is 1. The van der Waals surface area contributed by atoms with Crippen LogP contribution in [0.3, 0.4) is 0 Å². The molecule has 0 unspecified atom stereocenters. The van der Waals surface area contributed by atoms with Crippen molar-refractivity contribution in [3.05, 3.63) is 45.4 Å². The highest BCUT2D eigenvalue weighted by Gasteiger charge is 2.17. The fourth-order valence-corrected chi connectivity index (χ4v) is 4.17. The average molecular weight is 359 g/mol. The van der Waals surface area contributed by atoms with Crippen LogP contribution in [0.15, 0.2) is 23.0 Å². The maximum absolute atomic E-state index is 12.1. The zero-order valence-electron chi connectivity index (χ0n) is 14.7. The van der Waals surface area contributed by atoms with Crippen LogP contribution in [0.4, 0.5) is 0 Å². The third kappa shape index (κ3) is 3.12. The minimum Gasteiger partial charge on any atom is -0.477 e. The van der Waals surface area contributed by atoms with Crippen LogP contribution in [0.1, 0.15) is 28.5 Å². The van der Waals surface area contributed by atoms with Gasteiger partial charge in [0.1, 0.15) is 10.4 Å². The molecule has 0 saturated heterocycles. The summed E-state index contributed by atoms with van der Waals surface area (Å²) in [6.07, 6.45) is 0.645. The summed E-state index contributed by atoms with van der Waals surface area (Å²) in [4.78, 5) is 30.2. The van der Waals surface area contributed by atoms with Crippen molar-refractivity contribution in [2.75, 3.05) is 14.1 Å². The Balaban J connectivity index is 2.12. The van der Waals surface area contributed by atoms with Crippen LogP contribution in [0.25, 0.3) is 20.8 Å². The van der Waals surface area contributed by atoms with Crippen molar-refractivity contribution in [2.24, 2.45) is 7.05 Å². The van der Waals surface area contributed by atoms with Gasteiger partial charge in [0.2, 0.25) is 0 Å². The number of aromatic nitrogens is 2. The van der Waals surface area contributed by atoms with Crippen molar-refractivity contribution in [3.63, 3.8) is 0 Å². The number of hydrogen-bond acceptors (Lipinski definition) is 4. The van der Waals surface area contributed by atoms with Gasteiger partial charge in [-0.2, -0.15) is 0 Å². The van der Waals surface area contributed by atoms with Crippen LogP contribution >= 0.6 is 11.3 Å². The maximum Gasteiger partial charge on any atom is 0.341 e. The van der Waals surface area contributed by atoms with Crippen molar-refractivity contribution in [1.82, 2.24) is 14.5 Å². The molecule has 6 nitrogen and oxygen atoms in total. The highest BCUT2D eigenvalue weighted by atomic mass is 32.1. The van der Waals surface area contributed by atoms with Gasteiger partial charge in [-0.1, -0.05) is 6.92 Å². The van der Waals surface area contributed by atoms with E-state index in [-0.39, 0.29) is 5.56 Å². The topological polar surface area (TPSA) is 78.3 Å². The monoisotopic (exact) mass is 359 g/mol. The molecule has 132 valence electrons. The second kappa shape index (κ2) is 6.50. The van der Waals surface area contributed by atoms with Crippen molar-refractivity contribution in [3.8, 4) is 10.6 Å². The van der Waals surface area contributed by atoms with Gasteiger partial charge in [0.25, 0.3) is 5.56 Å². The van der Waals surface area contributed by atoms with Gasteiger partial charge in [-0.15, -0.1) is 11.3 Å². The molecule has 0 saturated carbocycles. The first-order valence-electron chi connectivity index (χ1n) is 8.04. The first-order chi connectivity index (χ1) is 11.8. The Labute approximate surface area is 149 Å². The number of nitrogens with one attached hydrogen (secondary N) is 1. The summed E-state index contributed by atoms with van der Waals surface area (Å²) >= 11 is 1.60. The standard InChI is InChI=1S/C18H21N3O3S/c1-5-10-7-13(18(23)24)16(22)19-15(10)14-8-11-6-12(9-20(2)3)21(4)17(11)25-14/h6-8H,5,9H2,1-4H3,(H,19,22)(H,23,24). The number of H-pyrrole nitrogens is 1. The van der Waals surface area contributed by atoms with E-state index >= 15 is 0 Å². The largest absolute Gasteiger partial charge is 0.477 e. The molecule has 3 aromatic heterocycles. The molecule has 7 heteroatoms. The summed E-state index contributed by atoms with van der Waals surface area (Å²) in [6.45, 7) is 2.81. The Morgan fingerprint density at radius 2 is 2.04 bits per heavy atom. The molecular weight excluding hydrogens is 338 g/mol. The number of aromatic amines is 1. The summed E-state index contributed by atoms with van der Waals surface area (Å²) in [6, 6.07) is 5.70. The van der Waals surface area contributed by atoms with E-state index in [9.17, 15) is 9.59 Å². The lowest BCUT2D eigenvalue weighted by Crippen LogP contribution is -2.19. The Morgan fingerprint density at radius 3 is 2.60 bits per heavy atom. The van der Waals surface area contributed by atoms with E-state index in [1.165, 1.54) is 11.8 Å². The van der Waals surface area contributed by atoms with Crippen molar-refractivity contribution in [2.45, 2.75) is 19.9 Å². The second-order valence-corrected chi connectivity index (χ2v) is 7.41. The highest BCUT2D eigenvalue weighted by molar-refractivity contribution is 7.21. The Kier molecular flexibility index (Phi) is 4.53. The van der Waals surface area contributed by atoms with E-state index < -0.39 is 11.5 Å². The number of nitrogens with zero attached hydrogens (tertiary/aromatic N) is 2. The molecule has 0 atom stereocenters. The number of hydrogen-bond donors (Lipinski definition) is 2. The zero-order chi connectivity index (χ0) is 18.3. The summed E-state index contributed by atoms with van der Waals surface area (Å²) in [5.41, 5.74) is 1.99. The van der Waals surface area contributed by atoms with Crippen LogP contribution in [0.2, 0.25) is 0 Å². The summed E-state index contributed by atoms with van der Waals surface area (Å²) in [5.74, 6) is -1.20. The quantitative estimate of drug-likeness (QED) is 0.734. The number of carboxylic acid groups (broad SMARTS) is 1. The molecule has 0 fully saturated rings. The molecule has 3 aromatic rings. The Hall–Kier alpha value is -2.38. The molecule has 0 aromatic carbocycles. The highest BCUT2D eigenvalue weighted by Crippen LogP contribution is 2.35. The number of fused-ring (bicyclic) bond motifs is 1. The lowest BCUT2D eigenvalue weighted by atomic mass is 10.1. The van der Waals surface area contributed by atoms with E-state index in [0.717, 1.165) is 27.2 Å². The van der Waals surface area contributed by atoms with Crippen LogP contribution in [0.5, 0.6) is 0 Å². The maximum atomic E-state index is 12.1. The van der Waals surface area contributed by atoms with Gasteiger partial charge in [0.05, 0.1) is 10.6 Å². The van der Waals surface area contributed by atoms with Gasteiger partial charge in [0, 0.05) is 24.7 Å². The van der Waals surface area contributed by atoms with Crippen LogP contribution in [-0.4, -0.2) is 39.6 Å².